The van der Waals surface area contributed by atoms with Gasteiger partial charge in [-0.2, -0.15) is 0 Å². The Bertz CT molecular complexity index is 286. The van der Waals surface area contributed by atoms with E-state index in [1.165, 1.54) is 0 Å². The first-order valence-electron chi connectivity index (χ1n) is 6.55. The summed E-state index contributed by atoms with van der Waals surface area (Å²) in [5, 5.41) is 9.63. The molecule has 0 radical (unpaired) electrons. The van der Waals surface area contributed by atoms with Gasteiger partial charge in [0.2, 0.25) is 0 Å². The minimum Gasteiger partial charge on any atom is -0.459 e. The summed E-state index contributed by atoms with van der Waals surface area (Å²) >= 11 is 0. The van der Waals surface area contributed by atoms with E-state index in [1.54, 1.807) is 6.92 Å². The number of hydrogen-bond donors (Lipinski definition) is 2. The van der Waals surface area contributed by atoms with E-state index in [1.807, 2.05) is 25.7 Å². The number of likely N-dealkylation sites (tertiary alicyclic amines) is 1. The zero-order chi connectivity index (χ0) is 13.9. The van der Waals surface area contributed by atoms with Gasteiger partial charge in [0.1, 0.15) is 5.60 Å². The average Bonchev–Trinajstić information content (AvgIpc) is 2.12. The van der Waals surface area contributed by atoms with Gasteiger partial charge in [-0.15, -0.1) is 0 Å². The van der Waals surface area contributed by atoms with Gasteiger partial charge in [-0.3, -0.25) is 9.69 Å². The number of esters is 1. The first-order valence-corrected chi connectivity index (χ1v) is 6.55. The molecular formula is C13H26N2O3. The molecule has 1 aliphatic heterocycles. The number of aliphatic hydroxyl groups excluding tert-OH is 1. The first-order chi connectivity index (χ1) is 8.17. The largest absolute Gasteiger partial charge is 0.459 e. The Morgan fingerprint density at radius 2 is 2.11 bits per heavy atom. The van der Waals surface area contributed by atoms with Crippen molar-refractivity contribution in [3.8, 4) is 0 Å². The normalized spacial score (nSPS) is 27.9. The molecule has 3 atom stereocenters. The number of nitrogens with zero attached hydrogens (tertiary/aromatic N) is 1. The molecule has 5 heteroatoms. The predicted octanol–water partition coefficient (Wildman–Crippen LogP) is 0.358. The number of ether oxygens (including phenoxy) is 1. The summed E-state index contributed by atoms with van der Waals surface area (Å²) in [5.41, 5.74) is 5.49. The fraction of sp³-hybridized carbons (Fsp3) is 0.923. The zero-order valence-electron chi connectivity index (χ0n) is 11.8. The van der Waals surface area contributed by atoms with Crippen LogP contribution >= 0.6 is 0 Å². The van der Waals surface area contributed by atoms with Gasteiger partial charge < -0.3 is 15.6 Å². The van der Waals surface area contributed by atoms with Crippen LogP contribution in [-0.2, 0) is 9.53 Å². The average molecular weight is 258 g/mol. The van der Waals surface area contributed by atoms with Crippen LogP contribution in [0.25, 0.3) is 0 Å². The van der Waals surface area contributed by atoms with E-state index in [-0.39, 0.29) is 24.5 Å². The number of piperidine rings is 1. The molecule has 18 heavy (non-hydrogen) atoms. The van der Waals surface area contributed by atoms with Crippen LogP contribution in [0.5, 0.6) is 0 Å². The second kappa shape index (κ2) is 5.99. The summed E-state index contributed by atoms with van der Waals surface area (Å²) in [6, 6.07) is 0.0146. The molecule has 1 fully saturated rings. The standard InChI is InChI=1S/C13H26N2O3/c1-9(16)10-5-11(14)7-15(6-10)8-12(17)18-13(2,3)4/h9-11,16H,5-8,14H2,1-4H3. The summed E-state index contributed by atoms with van der Waals surface area (Å²) in [5.74, 6) is -0.0999. The molecule has 106 valence electrons. The lowest BCUT2D eigenvalue weighted by molar-refractivity contribution is -0.156. The molecule has 0 amide bonds. The van der Waals surface area contributed by atoms with Gasteiger partial charge in [0, 0.05) is 19.1 Å². The lowest BCUT2D eigenvalue weighted by Gasteiger charge is -2.37. The summed E-state index contributed by atoms with van der Waals surface area (Å²) in [4.78, 5) is 13.7. The molecule has 3 unspecified atom stereocenters. The van der Waals surface area contributed by atoms with Crippen molar-refractivity contribution in [3.63, 3.8) is 0 Å². The fourth-order valence-electron chi connectivity index (χ4n) is 2.31. The van der Waals surface area contributed by atoms with Crippen molar-refractivity contribution in [3.05, 3.63) is 0 Å². The Hall–Kier alpha value is -0.650. The van der Waals surface area contributed by atoms with Crippen LogP contribution in [0.1, 0.15) is 34.1 Å². The smallest absolute Gasteiger partial charge is 0.320 e. The number of carbonyl (C=O) groups excluding carboxylic acids is 1. The van der Waals surface area contributed by atoms with Crippen molar-refractivity contribution in [2.75, 3.05) is 19.6 Å². The van der Waals surface area contributed by atoms with Gasteiger partial charge in [-0.05, 0) is 40.0 Å². The highest BCUT2D eigenvalue weighted by Crippen LogP contribution is 2.19. The van der Waals surface area contributed by atoms with Crippen molar-refractivity contribution in [2.24, 2.45) is 11.7 Å². The third kappa shape index (κ3) is 5.33. The third-order valence-corrected chi connectivity index (χ3v) is 3.05. The molecule has 1 aliphatic rings. The Balaban J connectivity index is 2.48. The molecule has 0 saturated carbocycles. The van der Waals surface area contributed by atoms with Gasteiger partial charge in [-0.25, -0.2) is 0 Å². The first kappa shape index (κ1) is 15.4. The second-order valence-corrected chi connectivity index (χ2v) is 6.28. The molecule has 1 rings (SSSR count). The van der Waals surface area contributed by atoms with Gasteiger partial charge in [0.15, 0.2) is 0 Å². The summed E-state index contributed by atoms with van der Waals surface area (Å²) in [7, 11) is 0. The SMILES string of the molecule is CC(O)C1CC(N)CN(CC(=O)OC(C)(C)C)C1. The second-order valence-electron chi connectivity index (χ2n) is 6.28. The van der Waals surface area contributed by atoms with Crippen molar-refractivity contribution < 1.29 is 14.6 Å². The van der Waals surface area contributed by atoms with E-state index in [0.29, 0.717) is 13.1 Å². The Morgan fingerprint density at radius 3 is 2.61 bits per heavy atom. The minimum absolute atomic E-state index is 0.0146. The lowest BCUT2D eigenvalue weighted by Crippen LogP contribution is -2.51. The van der Waals surface area contributed by atoms with E-state index in [4.69, 9.17) is 10.5 Å². The van der Waals surface area contributed by atoms with Crippen LogP contribution in [0.4, 0.5) is 0 Å². The number of rotatable bonds is 3. The van der Waals surface area contributed by atoms with Crippen molar-refractivity contribution in [1.82, 2.24) is 4.90 Å². The monoisotopic (exact) mass is 258 g/mol. The Kier molecular flexibility index (Phi) is 5.13. The molecule has 0 bridgehead atoms. The molecular weight excluding hydrogens is 232 g/mol. The van der Waals surface area contributed by atoms with Gasteiger partial charge in [0.05, 0.1) is 12.6 Å². The number of aliphatic hydroxyl groups is 1. The highest BCUT2D eigenvalue weighted by molar-refractivity contribution is 5.72. The van der Waals surface area contributed by atoms with Gasteiger partial charge >= 0.3 is 5.97 Å². The third-order valence-electron chi connectivity index (χ3n) is 3.05. The van der Waals surface area contributed by atoms with Gasteiger partial charge in [-0.1, -0.05) is 0 Å². The number of hydrogen-bond acceptors (Lipinski definition) is 5. The van der Waals surface area contributed by atoms with Crippen LogP contribution in [0.15, 0.2) is 0 Å². The van der Waals surface area contributed by atoms with E-state index in [0.717, 1.165) is 6.42 Å². The fourth-order valence-corrected chi connectivity index (χ4v) is 2.31. The van der Waals surface area contributed by atoms with E-state index >= 15 is 0 Å². The highest BCUT2D eigenvalue weighted by Gasteiger charge is 2.29. The van der Waals surface area contributed by atoms with Crippen molar-refractivity contribution in [2.45, 2.75) is 51.9 Å². The molecule has 0 aromatic carbocycles. The minimum atomic E-state index is -0.460. The maximum absolute atomic E-state index is 11.7. The summed E-state index contributed by atoms with van der Waals surface area (Å²) < 4.78 is 5.29. The number of nitrogens with two attached hydrogens (primary N) is 1. The topological polar surface area (TPSA) is 75.8 Å². The van der Waals surface area contributed by atoms with Crippen LogP contribution in [0.2, 0.25) is 0 Å². The molecule has 1 heterocycles. The highest BCUT2D eigenvalue weighted by atomic mass is 16.6. The Morgan fingerprint density at radius 1 is 1.50 bits per heavy atom. The maximum Gasteiger partial charge on any atom is 0.320 e. The molecule has 3 N–H and O–H groups in total. The predicted molar refractivity (Wildman–Crippen MR) is 70.0 cm³/mol. The van der Waals surface area contributed by atoms with Crippen LogP contribution < -0.4 is 5.73 Å². The quantitative estimate of drug-likeness (QED) is 0.715. The summed E-state index contributed by atoms with van der Waals surface area (Å²) in [6.07, 6.45) is 0.417. The number of carbonyl (C=O) groups is 1. The van der Waals surface area contributed by atoms with E-state index < -0.39 is 11.7 Å². The van der Waals surface area contributed by atoms with E-state index in [2.05, 4.69) is 0 Å². The maximum atomic E-state index is 11.7. The molecule has 5 nitrogen and oxygen atoms in total. The molecule has 0 spiro atoms. The molecule has 1 saturated heterocycles. The molecule has 0 aromatic rings. The van der Waals surface area contributed by atoms with Crippen molar-refractivity contribution >= 4 is 5.97 Å². The van der Waals surface area contributed by atoms with Crippen LogP contribution in [0.3, 0.4) is 0 Å². The summed E-state index contributed by atoms with van der Waals surface area (Å²) in [6.45, 7) is 8.96. The van der Waals surface area contributed by atoms with E-state index in [9.17, 15) is 9.90 Å². The Labute approximate surface area is 109 Å². The van der Waals surface area contributed by atoms with Crippen LogP contribution in [0, 0.1) is 5.92 Å². The van der Waals surface area contributed by atoms with Gasteiger partial charge in [0.25, 0.3) is 0 Å². The van der Waals surface area contributed by atoms with Crippen LogP contribution in [-0.4, -0.2) is 53.4 Å². The zero-order valence-corrected chi connectivity index (χ0v) is 11.8. The molecule has 0 aromatic heterocycles. The van der Waals surface area contributed by atoms with Crippen molar-refractivity contribution in [1.29, 1.82) is 0 Å². The molecule has 0 aliphatic carbocycles. The lowest BCUT2D eigenvalue weighted by atomic mass is 9.91.